The van der Waals surface area contributed by atoms with E-state index in [0.29, 0.717) is 26.2 Å². The number of para-hydroxylation sites is 2. The topological polar surface area (TPSA) is 74.6 Å². The number of nitrogens with zero attached hydrogens (tertiary/aromatic N) is 2. The van der Waals surface area contributed by atoms with Crippen molar-refractivity contribution in [2.24, 2.45) is 0 Å². The first-order valence-electron chi connectivity index (χ1n) is 12.5. The van der Waals surface area contributed by atoms with Crippen LogP contribution in [-0.4, -0.2) is 48.4 Å². The average Bonchev–Trinajstić information content (AvgIpc) is 3.53. The van der Waals surface area contributed by atoms with E-state index >= 15 is 0 Å². The number of ether oxygens (including phenoxy) is 3. The van der Waals surface area contributed by atoms with Gasteiger partial charge in [0.05, 0.1) is 24.8 Å². The summed E-state index contributed by atoms with van der Waals surface area (Å²) in [5.74, 6) is 2.47. The Kier molecular flexibility index (Phi) is 8.79. The van der Waals surface area contributed by atoms with Crippen molar-refractivity contribution in [3.63, 3.8) is 0 Å². The van der Waals surface area contributed by atoms with Crippen molar-refractivity contribution in [1.82, 2.24) is 14.9 Å². The molecule has 1 atom stereocenters. The van der Waals surface area contributed by atoms with Gasteiger partial charge >= 0.3 is 0 Å². The van der Waals surface area contributed by atoms with Crippen LogP contribution in [0.2, 0.25) is 0 Å². The monoisotopic (exact) mass is 477 g/mol. The van der Waals surface area contributed by atoms with Crippen LogP contribution in [0.15, 0.2) is 48.5 Å². The highest BCUT2D eigenvalue weighted by atomic mass is 16.5. The summed E-state index contributed by atoms with van der Waals surface area (Å²) in [5, 5.41) is 3.01. The van der Waals surface area contributed by atoms with Gasteiger partial charge in [-0.2, -0.15) is 0 Å². The Morgan fingerprint density at radius 1 is 1.23 bits per heavy atom. The molecule has 0 radical (unpaired) electrons. The fraction of sp³-hybridized carbons (Fsp3) is 0.429. The van der Waals surface area contributed by atoms with E-state index in [2.05, 4.69) is 16.0 Å². The zero-order valence-electron chi connectivity index (χ0n) is 20.7. The highest BCUT2D eigenvalue weighted by Crippen LogP contribution is 2.29. The van der Waals surface area contributed by atoms with E-state index < -0.39 is 0 Å². The molecule has 7 heteroatoms. The number of amides is 1. The van der Waals surface area contributed by atoms with Crippen molar-refractivity contribution < 1.29 is 19.0 Å². The maximum Gasteiger partial charge on any atom is 0.249 e. The second-order valence-corrected chi connectivity index (χ2v) is 8.68. The molecule has 4 rings (SSSR count). The molecule has 1 amide bonds. The molecule has 1 N–H and O–H groups in total. The van der Waals surface area contributed by atoms with E-state index in [4.69, 9.17) is 19.2 Å². The van der Waals surface area contributed by atoms with Gasteiger partial charge in [0.2, 0.25) is 5.91 Å². The molecular formula is C28H35N3O4. The van der Waals surface area contributed by atoms with E-state index in [-0.39, 0.29) is 12.0 Å². The molecule has 1 aromatic heterocycles. The van der Waals surface area contributed by atoms with Crippen LogP contribution < -0.4 is 14.8 Å². The van der Waals surface area contributed by atoms with Crippen molar-refractivity contribution >= 4 is 23.0 Å². The van der Waals surface area contributed by atoms with Gasteiger partial charge in [0.15, 0.2) is 11.5 Å². The summed E-state index contributed by atoms with van der Waals surface area (Å²) >= 11 is 0. The predicted octanol–water partition coefficient (Wildman–Crippen LogP) is 4.77. The number of unbranched alkanes of at least 4 members (excludes halogenated alkanes) is 1. The van der Waals surface area contributed by atoms with Gasteiger partial charge in [0.1, 0.15) is 11.9 Å². The van der Waals surface area contributed by atoms with E-state index in [1.165, 1.54) is 0 Å². The van der Waals surface area contributed by atoms with Crippen LogP contribution in [0.5, 0.6) is 11.5 Å². The molecular weight excluding hydrogens is 442 g/mol. The number of nitrogens with one attached hydrogen (secondary N) is 1. The van der Waals surface area contributed by atoms with E-state index in [1.807, 2.05) is 55.5 Å². The van der Waals surface area contributed by atoms with Crippen LogP contribution in [0.1, 0.15) is 44.0 Å². The first-order chi connectivity index (χ1) is 17.2. The number of fused-ring (bicyclic) bond motifs is 1. The summed E-state index contributed by atoms with van der Waals surface area (Å²) in [6.45, 7) is 4.67. The molecule has 1 saturated heterocycles. The molecule has 0 spiro atoms. The molecule has 186 valence electrons. The number of allylic oxidation sites excluding steroid dienone is 1. The van der Waals surface area contributed by atoms with Gasteiger partial charge in [0.25, 0.3) is 0 Å². The summed E-state index contributed by atoms with van der Waals surface area (Å²) < 4.78 is 19.2. The predicted molar refractivity (Wildman–Crippen MR) is 138 cm³/mol. The smallest absolute Gasteiger partial charge is 0.249 e. The third-order valence-corrected chi connectivity index (χ3v) is 6.18. The minimum atomic E-state index is -0.299. The summed E-state index contributed by atoms with van der Waals surface area (Å²) in [6, 6.07) is 14.1. The Labute approximate surface area is 207 Å². The zero-order valence-corrected chi connectivity index (χ0v) is 20.7. The third kappa shape index (κ3) is 6.42. The molecule has 1 aliphatic heterocycles. The van der Waals surface area contributed by atoms with Gasteiger partial charge in [-0.3, -0.25) is 4.79 Å². The maximum atomic E-state index is 12.3. The highest BCUT2D eigenvalue weighted by Gasteiger charge is 2.23. The minimum absolute atomic E-state index is 0.0171. The number of hydrogen-bond acceptors (Lipinski definition) is 5. The molecule has 35 heavy (non-hydrogen) atoms. The highest BCUT2D eigenvalue weighted by molar-refractivity contribution is 5.81. The quantitative estimate of drug-likeness (QED) is 0.380. The first kappa shape index (κ1) is 24.8. The maximum absolute atomic E-state index is 12.3. The van der Waals surface area contributed by atoms with Crippen molar-refractivity contribution in [2.75, 3.05) is 26.9 Å². The van der Waals surface area contributed by atoms with Crippen LogP contribution >= 0.6 is 0 Å². The van der Waals surface area contributed by atoms with Crippen molar-refractivity contribution in [2.45, 2.75) is 51.7 Å². The number of benzene rings is 2. The van der Waals surface area contributed by atoms with Crippen LogP contribution in [0.25, 0.3) is 17.1 Å². The van der Waals surface area contributed by atoms with Gasteiger partial charge in [0, 0.05) is 26.1 Å². The van der Waals surface area contributed by atoms with E-state index in [0.717, 1.165) is 66.1 Å². The summed E-state index contributed by atoms with van der Waals surface area (Å²) in [7, 11) is 1.66. The Balaban J connectivity index is 1.31. The third-order valence-electron chi connectivity index (χ3n) is 6.18. The Hall–Kier alpha value is -3.32. The average molecular weight is 478 g/mol. The van der Waals surface area contributed by atoms with Crippen LogP contribution in [-0.2, 0) is 22.5 Å². The molecule has 2 aromatic carbocycles. The van der Waals surface area contributed by atoms with Gasteiger partial charge in [-0.05, 0) is 62.4 Å². The number of aryl methyl sites for hydroxylation is 1. The number of carbonyl (C=O) groups is 1. The van der Waals surface area contributed by atoms with Gasteiger partial charge in [-0.15, -0.1) is 0 Å². The number of carbonyl (C=O) groups excluding carboxylic acids is 1. The number of methoxy groups -OCH3 is 1. The zero-order chi connectivity index (χ0) is 24.5. The summed E-state index contributed by atoms with van der Waals surface area (Å²) in [4.78, 5) is 17.1. The minimum Gasteiger partial charge on any atom is -0.493 e. The molecule has 0 saturated carbocycles. The van der Waals surface area contributed by atoms with Gasteiger partial charge in [-0.25, -0.2) is 4.98 Å². The van der Waals surface area contributed by atoms with Crippen molar-refractivity contribution in [3.8, 4) is 11.5 Å². The Bertz CT molecular complexity index is 1150. The summed E-state index contributed by atoms with van der Waals surface area (Å²) in [6.07, 6.45) is 8.03. The number of aromatic nitrogens is 2. The summed E-state index contributed by atoms with van der Waals surface area (Å²) in [5.41, 5.74) is 3.19. The van der Waals surface area contributed by atoms with E-state index in [1.54, 1.807) is 7.11 Å². The molecule has 1 fully saturated rings. The number of hydrogen-bond donors (Lipinski definition) is 1. The Morgan fingerprint density at radius 2 is 2.11 bits per heavy atom. The Morgan fingerprint density at radius 3 is 2.91 bits per heavy atom. The number of rotatable bonds is 12. The van der Waals surface area contributed by atoms with Crippen LogP contribution in [0, 0.1) is 0 Å². The normalized spacial score (nSPS) is 15.7. The van der Waals surface area contributed by atoms with Crippen LogP contribution in [0.3, 0.4) is 0 Å². The second kappa shape index (κ2) is 12.4. The molecule has 7 nitrogen and oxygen atoms in total. The van der Waals surface area contributed by atoms with Crippen molar-refractivity contribution in [1.29, 1.82) is 0 Å². The first-order valence-corrected chi connectivity index (χ1v) is 12.5. The lowest BCUT2D eigenvalue weighted by Gasteiger charge is -2.13. The lowest BCUT2D eigenvalue weighted by atomic mass is 10.2. The number of imidazole rings is 1. The molecule has 1 unspecified atom stereocenters. The molecule has 0 aliphatic carbocycles. The molecule has 2 heterocycles. The van der Waals surface area contributed by atoms with Crippen LogP contribution in [0.4, 0.5) is 0 Å². The SMILES string of the molecule is C/C=C/c1ccc(OCCCCn2c(CCNC(=O)C3CCCO3)nc3ccccc32)c(OC)c1. The van der Waals surface area contributed by atoms with Crippen molar-refractivity contribution in [3.05, 3.63) is 59.9 Å². The fourth-order valence-electron chi connectivity index (χ4n) is 4.42. The molecule has 3 aromatic rings. The van der Waals surface area contributed by atoms with E-state index in [9.17, 15) is 4.79 Å². The van der Waals surface area contributed by atoms with Gasteiger partial charge in [-0.1, -0.05) is 30.4 Å². The fourth-order valence-corrected chi connectivity index (χ4v) is 4.42. The lowest BCUT2D eigenvalue weighted by Crippen LogP contribution is -2.35. The second-order valence-electron chi connectivity index (χ2n) is 8.68. The van der Waals surface area contributed by atoms with Gasteiger partial charge < -0.3 is 24.1 Å². The standard InChI is InChI=1S/C28H35N3O4/c1-3-9-21-13-14-24(26(20-21)33-2)34-18-7-6-17-31-23-11-5-4-10-22(23)30-27(31)15-16-29-28(32)25-12-8-19-35-25/h3-5,9-11,13-14,20,25H,6-8,12,15-19H2,1-2H3,(H,29,32)/b9-3+. The largest absolute Gasteiger partial charge is 0.493 e. The molecule has 1 aliphatic rings. The lowest BCUT2D eigenvalue weighted by molar-refractivity contribution is -0.130. The molecule has 0 bridgehead atoms.